The highest BCUT2D eigenvalue weighted by Crippen LogP contribution is 2.34. The number of rotatable bonds is 3. The van der Waals surface area contributed by atoms with Crippen molar-refractivity contribution in [1.82, 2.24) is 0 Å². The van der Waals surface area contributed by atoms with Gasteiger partial charge in [0.1, 0.15) is 5.82 Å². The number of carbonyl (C=O) groups is 2. The summed E-state index contributed by atoms with van der Waals surface area (Å²) in [5, 5.41) is 0. The van der Waals surface area contributed by atoms with E-state index in [9.17, 15) is 27.2 Å². The summed E-state index contributed by atoms with van der Waals surface area (Å²) in [4.78, 5) is 22.9. The molecule has 0 saturated carbocycles. The fraction of sp³-hybridized carbons (Fsp3) is 0.333. The topological polar surface area (TPSA) is 52.6 Å². The molecule has 0 aliphatic rings. The lowest BCUT2D eigenvalue weighted by molar-refractivity contribution is -0.154. The summed E-state index contributed by atoms with van der Waals surface area (Å²) < 4.78 is 60.2. The third-order valence-electron chi connectivity index (χ3n) is 2.52. The van der Waals surface area contributed by atoms with Crippen LogP contribution >= 0.6 is 0 Å². The molecule has 8 heteroatoms. The van der Waals surface area contributed by atoms with E-state index in [1.807, 2.05) is 0 Å². The van der Waals surface area contributed by atoms with Crippen LogP contribution in [0.15, 0.2) is 18.2 Å². The zero-order valence-electron chi connectivity index (χ0n) is 10.5. The van der Waals surface area contributed by atoms with Crippen molar-refractivity contribution in [3.8, 4) is 0 Å². The van der Waals surface area contributed by atoms with Crippen LogP contribution in [0.5, 0.6) is 0 Å². The second-order valence-corrected chi connectivity index (χ2v) is 3.69. The Morgan fingerprint density at radius 1 is 1.10 bits per heavy atom. The largest absolute Gasteiger partial charge is 0.468 e. The molecule has 0 spiro atoms. The van der Waals surface area contributed by atoms with E-state index in [-0.39, 0.29) is 0 Å². The molecule has 0 saturated heterocycles. The third-order valence-corrected chi connectivity index (χ3v) is 2.52. The van der Waals surface area contributed by atoms with Gasteiger partial charge in [0.2, 0.25) is 0 Å². The molecular formula is C12H10F4O4. The van der Waals surface area contributed by atoms with Crippen molar-refractivity contribution in [2.75, 3.05) is 14.2 Å². The number of ether oxygens (including phenoxy) is 2. The van der Waals surface area contributed by atoms with Gasteiger partial charge in [0.15, 0.2) is 5.92 Å². The lowest BCUT2D eigenvalue weighted by Gasteiger charge is -2.16. The molecule has 0 unspecified atom stereocenters. The van der Waals surface area contributed by atoms with Gasteiger partial charge in [-0.2, -0.15) is 13.2 Å². The van der Waals surface area contributed by atoms with Crippen LogP contribution < -0.4 is 0 Å². The monoisotopic (exact) mass is 294 g/mol. The number of hydrogen-bond acceptors (Lipinski definition) is 4. The summed E-state index contributed by atoms with van der Waals surface area (Å²) in [5.74, 6) is -6.04. The van der Waals surface area contributed by atoms with E-state index in [1.165, 1.54) is 0 Å². The Balaban J connectivity index is 3.42. The van der Waals surface area contributed by atoms with Crippen LogP contribution in [0.2, 0.25) is 0 Å². The van der Waals surface area contributed by atoms with Crippen molar-refractivity contribution >= 4 is 11.9 Å². The summed E-state index contributed by atoms with van der Waals surface area (Å²) in [7, 11) is 1.84. The van der Waals surface area contributed by atoms with Crippen LogP contribution in [0, 0.1) is 5.82 Å². The Kier molecular flexibility index (Phi) is 4.69. The molecule has 0 aliphatic heterocycles. The molecule has 4 nitrogen and oxygen atoms in total. The number of hydrogen-bond donors (Lipinski definition) is 0. The van der Waals surface area contributed by atoms with E-state index in [0.29, 0.717) is 6.07 Å². The highest BCUT2D eigenvalue weighted by atomic mass is 19.4. The minimum Gasteiger partial charge on any atom is -0.468 e. The van der Waals surface area contributed by atoms with Crippen molar-refractivity contribution in [2.24, 2.45) is 0 Å². The van der Waals surface area contributed by atoms with Crippen LogP contribution in [0.25, 0.3) is 0 Å². The Hall–Kier alpha value is -2.12. The maximum absolute atomic E-state index is 13.9. The Bertz CT molecular complexity index is 509. The van der Waals surface area contributed by atoms with Crippen LogP contribution in [0.1, 0.15) is 17.0 Å². The smallest absolute Gasteiger partial charge is 0.419 e. The first-order valence-corrected chi connectivity index (χ1v) is 5.25. The zero-order chi connectivity index (χ0) is 15.5. The van der Waals surface area contributed by atoms with E-state index in [1.54, 1.807) is 0 Å². The molecule has 0 atom stereocenters. The molecule has 0 radical (unpaired) electrons. The van der Waals surface area contributed by atoms with Gasteiger partial charge in [0.05, 0.1) is 19.8 Å². The number of esters is 2. The van der Waals surface area contributed by atoms with Crippen molar-refractivity contribution in [2.45, 2.75) is 12.1 Å². The number of alkyl halides is 3. The molecule has 1 aromatic rings. The molecule has 1 rings (SSSR count). The number of carbonyl (C=O) groups excluding carboxylic acids is 2. The first-order valence-electron chi connectivity index (χ1n) is 5.25. The number of halogens is 4. The van der Waals surface area contributed by atoms with Gasteiger partial charge in [0.25, 0.3) is 0 Å². The summed E-state index contributed by atoms with van der Waals surface area (Å²) >= 11 is 0. The second kappa shape index (κ2) is 5.89. The fourth-order valence-corrected chi connectivity index (χ4v) is 1.58. The summed E-state index contributed by atoms with van der Waals surface area (Å²) in [6, 6.07) is 2.29. The average molecular weight is 294 g/mol. The van der Waals surface area contributed by atoms with Crippen LogP contribution in [0.3, 0.4) is 0 Å². The SMILES string of the molecule is COC(=O)C(C(=O)OC)c1cccc(C(F)(F)F)c1F. The van der Waals surface area contributed by atoms with Crippen molar-refractivity contribution in [3.63, 3.8) is 0 Å². The molecule has 20 heavy (non-hydrogen) atoms. The normalized spacial score (nSPS) is 11.3. The molecule has 0 aliphatic carbocycles. The van der Waals surface area contributed by atoms with Gasteiger partial charge >= 0.3 is 18.1 Å². The van der Waals surface area contributed by atoms with Crippen LogP contribution in [0.4, 0.5) is 17.6 Å². The van der Waals surface area contributed by atoms with Crippen LogP contribution in [-0.2, 0) is 25.2 Å². The minimum atomic E-state index is -4.95. The van der Waals surface area contributed by atoms with E-state index in [0.717, 1.165) is 26.4 Å². The highest BCUT2D eigenvalue weighted by molar-refractivity contribution is 6.00. The van der Waals surface area contributed by atoms with Gasteiger partial charge in [-0.05, 0) is 6.07 Å². The van der Waals surface area contributed by atoms with Gasteiger partial charge in [-0.25, -0.2) is 4.39 Å². The predicted octanol–water partition coefficient (Wildman–Crippen LogP) is 2.27. The molecule has 0 N–H and O–H groups in total. The van der Waals surface area contributed by atoms with Gasteiger partial charge in [0, 0.05) is 5.56 Å². The molecule has 0 bridgehead atoms. The molecule has 1 aromatic carbocycles. The summed E-state index contributed by atoms with van der Waals surface area (Å²) in [6.07, 6.45) is -4.95. The summed E-state index contributed by atoms with van der Waals surface area (Å²) in [6.45, 7) is 0. The third kappa shape index (κ3) is 3.06. The van der Waals surface area contributed by atoms with Crippen molar-refractivity contribution in [1.29, 1.82) is 0 Å². The first kappa shape index (κ1) is 15.9. The van der Waals surface area contributed by atoms with E-state index >= 15 is 0 Å². The molecule has 0 fully saturated rings. The molecule has 0 aromatic heterocycles. The van der Waals surface area contributed by atoms with Crippen LogP contribution in [-0.4, -0.2) is 26.2 Å². The fourth-order valence-electron chi connectivity index (χ4n) is 1.58. The lowest BCUT2D eigenvalue weighted by Crippen LogP contribution is -2.26. The molecule has 0 amide bonds. The van der Waals surface area contributed by atoms with Crippen molar-refractivity contribution < 1.29 is 36.6 Å². The molecular weight excluding hydrogens is 284 g/mol. The lowest BCUT2D eigenvalue weighted by atomic mass is 9.96. The Morgan fingerprint density at radius 3 is 2.00 bits per heavy atom. The van der Waals surface area contributed by atoms with E-state index < -0.39 is 41.0 Å². The average Bonchev–Trinajstić information content (AvgIpc) is 2.38. The standard InChI is InChI=1S/C12H10F4O4/c1-19-10(17)8(11(18)20-2)6-4-3-5-7(9(6)13)12(14,15)16/h3-5,8H,1-2H3. The quantitative estimate of drug-likeness (QED) is 0.487. The highest BCUT2D eigenvalue weighted by Gasteiger charge is 2.39. The Morgan fingerprint density at radius 2 is 1.60 bits per heavy atom. The predicted molar refractivity (Wildman–Crippen MR) is 58.2 cm³/mol. The van der Waals surface area contributed by atoms with E-state index in [4.69, 9.17) is 0 Å². The summed E-state index contributed by atoms with van der Waals surface area (Å²) in [5.41, 5.74) is -2.33. The number of benzene rings is 1. The second-order valence-electron chi connectivity index (χ2n) is 3.69. The molecule has 110 valence electrons. The van der Waals surface area contributed by atoms with Gasteiger partial charge in [-0.3, -0.25) is 9.59 Å². The minimum absolute atomic E-state index is 0.504. The van der Waals surface area contributed by atoms with Gasteiger partial charge < -0.3 is 9.47 Å². The van der Waals surface area contributed by atoms with Gasteiger partial charge in [-0.15, -0.1) is 0 Å². The number of methoxy groups -OCH3 is 2. The zero-order valence-corrected chi connectivity index (χ0v) is 10.5. The molecule has 0 heterocycles. The van der Waals surface area contributed by atoms with Crippen molar-refractivity contribution in [3.05, 3.63) is 35.1 Å². The maximum Gasteiger partial charge on any atom is 0.419 e. The Labute approximate surface area is 111 Å². The first-order chi connectivity index (χ1) is 9.23. The van der Waals surface area contributed by atoms with Gasteiger partial charge in [-0.1, -0.05) is 12.1 Å². The van der Waals surface area contributed by atoms with E-state index in [2.05, 4.69) is 9.47 Å². The maximum atomic E-state index is 13.9.